The molecule has 0 saturated heterocycles. The van der Waals surface area contributed by atoms with Gasteiger partial charge in [-0.1, -0.05) is 26.2 Å². The lowest BCUT2D eigenvalue weighted by Crippen LogP contribution is -2.40. The Labute approximate surface area is 172 Å². The number of carbonyl (C=O) groups is 1. The van der Waals surface area contributed by atoms with Crippen LogP contribution in [0.4, 0.5) is 0 Å². The smallest absolute Gasteiger partial charge is 0.242 e. The van der Waals surface area contributed by atoms with E-state index in [9.17, 15) is 4.79 Å². The maximum atomic E-state index is 12.1. The van der Waals surface area contributed by atoms with Gasteiger partial charge >= 0.3 is 0 Å². The molecule has 1 aromatic rings. The highest BCUT2D eigenvalue weighted by Gasteiger charge is 2.15. The first-order valence-corrected chi connectivity index (χ1v) is 9.92. The number of nitrogens with zero attached hydrogens (tertiary/aromatic N) is 1. The first-order valence-electron chi connectivity index (χ1n) is 9.10. The van der Waals surface area contributed by atoms with E-state index in [-0.39, 0.29) is 36.4 Å². The molecule has 1 amide bonds. The van der Waals surface area contributed by atoms with Crippen LogP contribution in [0.25, 0.3) is 0 Å². The van der Waals surface area contributed by atoms with E-state index >= 15 is 0 Å². The maximum Gasteiger partial charge on any atom is 0.242 e. The monoisotopic (exact) mass is 478 g/mol. The van der Waals surface area contributed by atoms with Crippen molar-refractivity contribution in [1.82, 2.24) is 16.0 Å². The Kier molecular flexibility index (Phi) is 11.1. The van der Waals surface area contributed by atoms with Gasteiger partial charge in [-0.3, -0.25) is 4.79 Å². The van der Waals surface area contributed by atoms with Gasteiger partial charge in [-0.15, -0.1) is 35.3 Å². The average Bonchev–Trinajstić information content (AvgIpc) is 3.06. The zero-order valence-corrected chi connectivity index (χ0v) is 18.4. The fraction of sp³-hybridized carbons (Fsp3) is 0.667. The molecule has 1 heterocycles. The van der Waals surface area contributed by atoms with E-state index in [2.05, 4.69) is 40.0 Å². The van der Waals surface area contributed by atoms with Gasteiger partial charge in [0.1, 0.15) is 6.54 Å². The summed E-state index contributed by atoms with van der Waals surface area (Å²) in [4.78, 5) is 19.1. The molecule has 1 saturated carbocycles. The van der Waals surface area contributed by atoms with Crippen molar-refractivity contribution in [2.45, 2.75) is 65.0 Å². The zero-order valence-electron chi connectivity index (χ0n) is 15.3. The summed E-state index contributed by atoms with van der Waals surface area (Å²) in [5.74, 6) is 0.714. The molecule has 0 atom stereocenters. The number of carbonyl (C=O) groups excluding carboxylic acids is 1. The topological polar surface area (TPSA) is 65.5 Å². The molecule has 0 aromatic carbocycles. The molecular weight excluding hydrogens is 447 g/mol. The molecule has 1 fully saturated rings. The molecule has 1 aromatic heterocycles. The molecule has 1 aliphatic rings. The van der Waals surface area contributed by atoms with Crippen LogP contribution in [0.2, 0.25) is 0 Å². The van der Waals surface area contributed by atoms with Gasteiger partial charge in [0.05, 0.1) is 6.54 Å². The van der Waals surface area contributed by atoms with Crippen LogP contribution < -0.4 is 16.0 Å². The van der Waals surface area contributed by atoms with Gasteiger partial charge in [0.2, 0.25) is 5.91 Å². The number of halogens is 1. The van der Waals surface area contributed by atoms with Crippen molar-refractivity contribution in [3.63, 3.8) is 0 Å². The molecule has 25 heavy (non-hydrogen) atoms. The number of thiophene rings is 1. The normalized spacial score (nSPS) is 15.4. The molecule has 2 rings (SSSR count). The van der Waals surface area contributed by atoms with Crippen molar-refractivity contribution in [1.29, 1.82) is 0 Å². The summed E-state index contributed by atoms with van der Waals surface area (Å²) < 4.78 is 0. The molecule has 0 bridgehead atoms. The van der Waals surface area contributed by atoms with Crippen LogP contribution in [0.1, 0.15) is 55.7 Å². The summed E-state index contributed by atoms with van der Waals surface area (Å²) >= 11 is 1.82. The zero-order chi connectivity index (χ0) is 17.2. The number of hydrogen-bond acceptors (Lipinski definition) is 3. The van der Waals surface area contributed by atoms with E-state index in [1.807, 2.05) is 18.3 Å². The van der Waals surface area contributed by atoms with E-state index < -0.39 is 0 Å². The average molecular weight is 478 g/mol. The van der Waals surface area contributed by atoms with E-state index in [4.69, 9.17) is 0 Å². The summed E-state index contributed by atoms with van der Waals surface area (Å²) in [6.07, 6.45) is 7.01. The van der Waals surface area contributed by atoms with Gasteiger partial charge in [-0.2, -0.15) is 0 Å². The highest BCUT2D eigenvalue weighted by molar-refractivity contribution is 14.0. The summed E-state index contributed by atoms with van der Waals surface area (Å²) in [5.41, 5.74) is 0. The predicted octanol–water partition coefficient (Wildman–Crippen LogP) is 3.43. The van der Waals surface area contributed by atoms with Crippen LogP contribution in [-0.2, 0) is 17.8 Å². The van der Waals surface area contributed by atoms with Gasteiger partial charge in [0, 0.05) is 22.3 Å². The Bertz CT molecular complexity index is 541. The molecule has 142 valence electrons. The SMILES string of the molecule is CCNC(=NCC(=O)NC1CCCCC1)NCc1ccc(CC)s1.I. The summed E-state index contributed by atoms with van der Waals surface area (Å²) in [5, 5.41) is 9.60. The van der Waals surface area contributed by atoms with Gasteiger partial charge in [-0.05, 0) is 38.3 Å². The fourth-order valence-corrected chi connectivity index (χ4v) is 3.79. The molecule has 7 heteroatoms. The first kappa shape index (κ1) is 22.2. The fourth-order valence-electron chi connectivity index (χ4n) is 2.89. The predicted molar refractivity (Wildman–Crippen MR) is 117 cm³/mol. The van der Waals surface area contributed by atoms with Crippen LogP contribution in [0.15, 0.2) is 17.1 Å². The Morgan fingerprint density at radius 2 is 1.88 bits per heavy atom. The Balaban J connectivity index is 0.00000312. The third kappa shape index (κ3) is 8.40. The second-order valence-corrected chi connectivity index (χ2v) is 7.43. The largest absolute Gasteiger partial charge is 0.357 e. The van der Waals surface area contributed by atoms with Crippen molar-refractivity contribution < 1.29 is 4.79 Å². The third-order valence-corrected chi connectivity index (χ3v) is 5.42. The minimum atomic E-state index is 0. The van der Waals surface area contributed by atoms with Crippen molar-refractivity contribution in [3.05, 3.63) is 21.9 Å². The number of aliphatic imine (C=N–C) groups is 1. The Morgan fingerprint density at radius 3 is 2.52 bits per heavy atom. The van der Waals surface area contributed by atoms with E-state index in [0.717, 1.165) is 32.4 Å². The number of nitrogens with one attached hydrogen (secondary N) is 3. The lowest BCUT2D eigenvalue weighted by molar-refractivity contribution is -0.120. The highest BCUT2D eigenvalue weighted by Crippen LogP contribution is 2.17. The molecule has 0 radical (unpaired) electrons. The van der Waals surface area contributed by atoms with E-state index in [1.54, 1.807) is 0 Å². The molecule has 3 N–H and O–H groups in total. The minimum absolute atomic E-state index is 0. The number of aryl methyl sites for hydroxylation is 1. The molecule has 0 spiro atoms. The molecule has 5 nitrogen and oxygen atoms in total. The number of hydrogen-bond donors (Lipinski definition) is 3. The van der Waals surface area contributed by atoms with Crippen LogP contribution in [0.5, 0.6) is 0 Å². The summed E-state index contributed by atoms with van der Waals surface area (Å²) in [6.45, 7) is 5.89. The number of guanidine groups is 1. The van der Waals surface area contributed by atoms with E-state index in [1.165, 1.54) is 29.0 Å². The van der Waals surface area contributed by atoms with Crippen LogP contribution in [0.3, 0.4) is 0 Å². The number of rotatable bonds is 7. The van der Waals surface area contributed by atoms with Gasteiger partial charge in [-0.25, -0.2) is 4.99 Å². The second kappa shape index (κ2) is 12.5. The molecule has 0 unspecified atom stereocenters. The van der Waals surface area contributed by atoms with Crippen molar-refractivity contribution in [2.75, 3.05) is 13.1 Å². The Morgan fingerprint density at radius 1 is 1.16 bits per heavy atom. The van der Waals surface area contributed by atoms with Crippen molar-refractivity contribution in [3.8, 4) is 0 Å². The van der Waals surface area contributed by atoms with Gasteiger partial charge < -0.3 is 16.0 Å². The van der Waals surface area contributed by atoms with Crippen LogP contribution in [-0.4, -0.2) is 31.0 Å². The van der Waals surface area contributed by atoms with Gasteiger partial charge in [0.15, 0.2) is 5.96 Å². The number of amides is 1. The van der Waals surface area contributed by atoms with Crippen LogP contribution in [0, 0.1) is 0 Å². The quantitative estimate of drug-likeness (QED) is 0.320. The summed E-state index contributed by atoms with van der Waals surface area (Å²) in [6, 6.07) is 4.66. The lowest BCUT2D eigenvalue weighted by atomic mass is 9.95. The highest BCUT2D eigenvalue weighted by atomic mass is 127. The summed E-state index contributed by atoms with van der Waals surface area (Å²) in [7, 11) is 0. The first-order chi connectivity index (χ1) is 11.7. The van der Waals surface area contributed by atoms with Crippen LogP contribution >= 0.6 is 35.3 Å². The van der Waals surface area contributed by atoms with E-state index in [0.29, 0.717) is 12.0 Å². The Hall–Kier alpha value is -0.830. The standard InChI is InChI=1S/C18H30N4OS.HI/c1-3-15-10-11-16(24-15)12-20-18(19-4-2)21-13-17(23)22-14-8-6-5-7-9-14;/h10-11,14H,3-9,12-13H2,1-2H3,(H,22,23)(H2,19,20,21);1H. The third-order valence-electron chi connectivity index (χ3n) is 4.19. The van der Waals surface area contributed by atoms with Gasteiger partial charge in [0.25, 0.3) is 0 Å². The molecular formula is C18H31IN4OS. The molecule has 1 aliphatic carbocycles. The molecule has 0 aliphatic heterocycles. The lowest BCUT2D eigenvalue weighted by Gasteiger charge is -2.22. The van der Waals surface area contributed by atoms with Crippen molar-refractivity contribution >= 4 is 47.2 Å². The minimum Gasteiger partial charge on any atom is -0.357 e. The second-order valence-electron chi connectivity index (χ2n) is 6.17. The maximum absolute atomic E-state index is 12.1. The van der Waals surface area contributed by atoms with Crippen molar-refractivity contribution in [2.24, 2.45) is 4.99 Å².